The van der Waals surface area contributed by atoms with Crippen LogP contribution in [0, 0.1) is 0 Å². The van der Waals surface area contributed by atoms with Gasteiger partial charge in [0.05, 0.1) is 10.6 Å². The Bertz CT molecular complexity index is 271. The molecule has 0 bridgehead atoms. The molecule has 0 heterocycles. The third-order valence-electron chi connectivity index (χ3n) is 1.10. The number of carboxylic acid groups (broad SMARTS) is 1. The summed E-state index contributed by atoms with van der Waals surface area (Å²) in [6, 6.07) is 6.33. The molecule has 0 saturated heterocycles. The first kappa shape index (κ1) is 10.7. The Kier molecular flexibility index (Phi) is 4.81. The summed E-state index contributed by atoms with van der Waals surface area (Å²) in [4.78, 5) is 10.3. The highest BCUT2D eigenvalue weighted by molar-refractivity contribution is 6.33. The minimum atomic E-state index is -0.995. The smallest absolute Gasteiger partial charge is 0.337 e. The summed E-state index contributed by atoms with van der Waals surface area (Å²) in [6.07, 6.45) is 0. The van der Waals surface area contributed by atoms with E-state index in [1.54, 1.807) is 18.2 Å². The molecule has 0 aromatic heterocycles. The molecule has 64 valence electrons. The summed E-state index contributed by atoms with van der Waals surface area (Å²) < 4.78 is 0. The highest BCUT2D eigenvalue weighted by Gasteiger charge is 2.04. The molecule has 0 saturated carbocycles. The maximum absolute atomic E-state index is 10.3. The van der Waals surface area contributed by atoms with Crippen LogP contribution >= 0.6 is 11.6 Å². The second kappa shape index (κ2) is 5.38. The fourth-order valence-electron chi connectivity index (χ4n) is 0.635. The van der Waals surface area contributed by atoms with Crippen molar-refractivity contribution in [1.29, 1.82) is 0 Å². The number of hydrogen-bond donors (Lipinski definition) is 1. The van der Waals surface area contributed by atoms with Crippen LogP contribution in [0.5, 0.6) is 0 Å². The van der Waals surface area contributed by atoms with Gasteiger partial charge in [-0.25, -0.2) is 4.79 Å². The lowest BCUT2D eigenvalue weighted by Crippen LogP contribution is -1.95. The van der Waals surface area contributed by atoms with Gasteiger partial charge in [0.2, 0.25) is 0 Å². The second-order valence-electron chi connectivity index (χ2n) is 1.78. The molecular formula is C9H9ClO2. The number of carbonyl (C=O) groups is 1. The van der Waals surface area contributed by atoms with Gasteiger partial charge in [-0.1, -0.05) is 23.7 Å². The predicted octanol–water partition coefficient (Wildman–Crippen LogP) is 2.84. The number of benzene rings is 1. The van der Waals surface area contributed by atoms with E-state index in [4.69, 9.17) is 16.7 Å². The monoisotopic (exact) mass is 184 g/mol. The normalized spacial score (nSPS) is 8.08. The molecule has 0 aliphatic rings. The number of aromatic carboxylic acids is 1. The largest absolute Gasteiger partial charge is 0.478 e. The van der Waals surface area contributed by atoms with Crippen molar-refractivity contribution in [2.24, 2.45) is 0 Å². The third-order valence-corrected chi connectivity index (χ3v) is 1.43. The molecule has 0 unspecified atom stereocenters. The van der Waals surface area contributed by atoms with Crippen molar-refractivity contribution in [3.63, 3.8) is 0 Å². The van der Waals surface area contributed by atoms with E-state index in [-0.39, 0.29) is 10.6 Å². The van der Waals surface area contributed by atoms with Crippen molar-refractivity contribution in [2.45, 2.75) is 0 Å². The number of rotatable bonds is 1. The lowest BCUT2D eigenvalue weighted by molar-refractivity contribution is 0.0697. The SMILES string of the molecule is C=C.O=C(O)c1ccccc1Cl. The van der Waals surface area contributed by atoms with Crippen molar-refractivity contribution in [3.05, 3.63) is 48.0 Å². The van der Waals surface area contributed by atoms with Crippen molar-refractivity contribution in [3.8, 4) is 0 Å². The third kappa shape index (κ3) is 2.76. The highest BCUT2D eigenvalue weighted by atomic mass is 35.5. The molecule has 1 rings (SSSR count). The summed E-state index contributed by atoms with van der Waals surface area (Å²) in [5.41, 5.74) is 0.143. The van der Waals surface area contributed by atoms with Gasteiger partial charge in [0.15, 0.2) is 0 Å². The fraction of sp³-hybridized carbons (Fsp3) is 0. The summed E-state index contributed by atoms with van der Waals surface area (Å²) in [5, 5.41) is 8.75. The second-order valence-corrected chi connectivity index (χ2v) is 2.19. The van der Waals surface area contributed by atoms with Gasteiger partial charge in [-0.15, -0.1) is 13.2 Å². The molecule has 0 radical (unpaired) electrons. The van der Waals surface area contributed by atoms with Gasteiger partial charge in [0.1, 0.15) is 0 Å². The van der Waals surface area contributed by atoms with Crippen LogP contribution in [-0.4, -0.2) is 11.1 Å². The molecule has 0 aliphatic carbocycles. The molecule has 0 aliphatic heterocycles. The molecule has 0 atom stereocenters. The Balaban J connectivity index is 0.000000561. The standard InChI is InChI=1S/C7H5ClO2.C2H4/c8-6-4-2-1-3-5(6)7(9)10;1-2/h1-4H,(H,9,10);1-2H2. The molecule has 1 N–H and O–H groups in total. The molecule has 1 aromatic rings. The summed E-state index contributed by atoms with van der Waals surface area (Å²) in [6.45, 7) is 6.00. The van der Waals surface area contributed by atoms with Crippen LogP contribution in [0.25, 0.3) is 0 Å². The predicted molar refractivity (Wildman–Crippen MR) is 49.7 cm³/mol. The quantitative estimate of drug-likeness (QED) is 0.682. The number of halogens is 1. The first-order valence-corrected chi connectivity index (χ1v) is 3.57. The zero-order chi connectivity index (χ0) is 9.56. The van der Waals surface area contributed by atoms with E-state index in [9.17, 15) is 4.79 Å². The minimum absolute atomic E-state index is 0.143. The molecular weight excluding hydrogens is 176 g/mol. The maximum atomic E-state index is 10.3. The Morgan fingerprint density at radius 2 is 1.83 bits per heavy atom. The highest BCUT2D eigenvalue weighted by Crippen LogP contribution is 2.13. The van der Waals surface area contributed by atoms with E-state index in [0.717, 1.165) is 0 Å². The van der Waals surface area contributed by atoms with Crippen molar-refractivity contribution in [1.82, 2.24) is 0 Å². The molecule has 2 nitrogen and oxygen atoms in total. The van der Waals surface area contributed by atoms with Gasteiger partial charge >= 0.3 is 5.97 Å². The lowest BCUT2D eigenvalue weighted by atomic mass is 10.2. The summed E-state index contributed by atoms with van der Waals surface area (Å²) in [5.74, 6) is -0.995. The first-order chi connectivity index (χ1) is 5.72. The maximum Gasteiger partial charge on any atom is 0.337 e. The van der Waals surface area contributed by atoms with Crippen LogP contribution in [-0.2, 0) is 0 Å². The van der Waals surface area contributed by atoms with Crippen molar-refractivity contribution < 1.29 is 9.90 Å². The Morgan fingerprint density at radius 3 is 2.17 bits per heavy atom. The van der Waals surface area contributed by atoms with E-state index in [2.05, 4.69) is 13.2 Å². The first-order valence-electron chi connectivity index (χ1n) is 3.19. The van der Waals surface area contributed by atoms with Gasteiger partial charge in [-0.05, 0) is 12.1 Å². The molecule has 0 fully saturated rings. The van der Waals surface area contributed by atoms with E-state index in [1.807, 2.05) is 0 Å². The van der Waals surface area contributed by atoms with Crippen LogP contribution in [0.4, 0.5) is 0 Å². The molecule has 1 aromatic carbocycles. The summed E-state index contributed by atoms with van der Waals surface area (Å²) >= 11 is 5.54. The van der Waals surface area contributed by atoms with Crippen molar-refractivity contribution >= 4 is 17.6 Å². The zero-order valence-electron chi connectivity index (χ0n) is 6.46. The van der Waals surface area contributed by atoms with Gasteiger partial charge < -0.3 is 5.11 Å². The Labute approximate surface area is 76.1 Å². The van der Waals surface area contributed by atoms with E-state index in [0.29, 0.717) is 0 Å². The van der Waals surface area contributed by atoms with Gasteiger partial charge in [0, 0.05) is 0 Å². The Morgan fingerprint density at radius 1 is 1.33 bits per heavy atom. The number of hydrogen-bond acceptors (Lipinski definition) is 1. The van der Waals surface area contributed by atoms with Crippen LogP contribution in [0.1, 0.15) is 10.4 Å². The van der Waals surface area contributed by atoms with Crippen molar-refractivity contribution in [2.75, 3.05) is 0 Å². The van der Waals surface area contributed by atoms with E-state index >= 15 is 0 Å². The minimum Gasteiger partial charge on any atom is -0.478 e. The van der Waals surface area contributed by atoms with Crippen LogP contribution < -0.4 is 0 Å². The van der Waals surface area contributed by atoms with Crippen LogP contribution in [0.2, 0.25) is 5.02 Å². The fourth-order valence-corrected chi connectivity index (χ4v) is 0.851. The van der Waals surface area contributed by atoms with E-state index < -0.39 is 5.97 Å². The zero-order valence-corrected chi connectivity index (χ0v) is 7.21. The van der Waals surface area contributed by atoms with E-state index in [1.165, 1.54) is 6.07 Å². The topological polar surface area (TPSA) is 37.3 Å². The number of carboxylic acids is 1. The van der Waals surface area contributed by atoms with Crippen LogP contribution in [0.3, 0.4) is 0 Å². The average molecular weight is 185 g/mol. The van der Waals surface area contributed by atoms with Gasteiger partial charge in [-0.3, -0.25) is 0 Å². The van der Waals surface area contributed by atoms with Gasteiger partial charge in [-0.2, -0.15) is 0 Å². The molecule has 12 heavy (non-hydrogen) atoms. The Hall–Kier alpha value is -1.28. The van der Waals surface area contributed by atoms with Gasteiger partial charge in [0.25, 0.3) is 0 Å². The molecule has 0 spiro atoms. The molecule has 0 amide bonds. The molecule has 3 heteroatoms. The van der Waals surface area contributed by atoms with Crippen LogP contribution in [0.15, 0.2) is 37.4 Å². The summed E-state index contributed by atoms with van der Waals surface area (Å²) in [7, 11) is 0. The lowest BCUT2D eigenvalue weighted by Gasteiger charge is -1.94. The average Bonchev–Trinajstić information content (AvgIpc) is 2.08.